The first-order chi connectivity index (χ1) is 20.4. The number of methoxy groups -OCH3 is 2. The summed E-state index contributed by atoms with van der Waals surface area (Å²) in [5.74, 6) is 0.342. The number of fused-ring (bicyclic) bond motifs is 1. The molecule has 9 heteroatoms. The quantitative estimate of drug-likeness (QED) is 0.190. The molecule has 4 rings (SSSR count). The molecule has 0 amide bonds. The van der Waals surface area contributed by atoms with E-state index >= 15 is 0 Å². The largest absolute Gasteiger partial charge is 0.497 e. The van der Waals surface area contributed by atoms with Crippen molar-refractivity contribution in [2.24, 2.45) is 5.92 Å². The molecule has 2 aromatic carbocycles. The van der Waals surface area contributed by atoms with E-state index in [1.54, 1.807) is 14.2 Å². The molecule has 0 radical (unpaired) electrons. The molecule has 1 aliphatic heterocycles. The van der Waals surface area contributed by atoms with Gasteiger partial charge in [0.1, 0.15) is 11.9 Å². The summed E-state index contributed by atoms with van der Waals surface area (Å²) in [7, 11) is -1.48. The molecular weight excluding hydrogens is 589 g/mol. The van der Waals surface area contributed by atoms with Crippen LogP contribution >= 0.6 is 0 Å². The maximum absolute atomic E-state index is 13.3. The van der Waals surface area contributed by atoms with Crippen molar-refractivity contribution in [2.75, 3.05) is 20.8 Å². The second kappa shape index (κ2) is 12.4. The first kappa shape index (κ1) is 34.4. The molecule has 242 valence electrons. The monoisotopic (exact) mass is 640 g/mol. The van der Waals surface area contributed by atoms with Crippen LogP contribution in [0.15, 0.2) is 60.4 Å². The zero-order valence-corrected chi connectivity index (χ0v) is 30.7. The van der Waals surface area contributed by atoms with Crippen LogP contribution in [-0.2, 0) is 34.5 Å². The van der Waals surface area contributed by atoms with Crippen molar-refractivity contribution in [3.05, 3.63) is 77.1 Å². The van der Waals surface area contributed by atoms with Crippen molar-refractivity contribution in [2.45, 2.75) is 102 Å². The van der Waals surface area contributed by atoms with Crippen molar-refractivity contribution in [3.63, 3.8) is 0 Å². The fourth-order valence-electron chi connectivity index (χ4n) is 5.50. The first-order valence-corrected chi connectivity index (χ1v) is 21.3. The Bertz CT molecular complexity index is 1350. The van der Waals surface area contributed by atoms with Gasteiger partial charge in [0, 0.05) is 0 Å². The Morgan fingerprint density at radius 2 is 1.36 bits per heavy atom. The number of carbonyl (C=O) groups excluding carboxylic acids is 1. The lowest BCUT2D eigenvalue weighted by atomic mass is 9.68. The summed E-state index contributed by atoms with van der Waals surface area (Å²) in [6.07, 6.45) is 0.438. The first-order valence-electron chi connectivity index (χ1n) is 15.5. The van der Waals surface area contributed by atoms with Crippen LogP contribution in [0.25, 0.3) is 0 Å². The van der Waals surface area contributed by atoms with Crippen LogP contribution < -0.4 is 4.74 Å². The predicted octanol–water partition coefficient (Wildman–Crippen LogP) is 8.49. The Hall–Kier alpha value is -2.44. The number of carbonyl (C=O) groups is 1. The molecule has 0 N–H and O–H groups in total. The van der Waals surface area contributed by atoms with Crippen LogP contribution in [0.3, 0.4) is 0 Å². The molecule has 0 fully saturated rings. The molecule has 2 unspecified atom stereocenters. The summed E-state index contributed by atoms with van der Waals surface area (Å²) >= 11 is 0. The van der Waals surface area contributed by atoms with Gasteiger partial charge in [0.2, 0.25) is 5.60 Å². The van der Waals surface area contributed by atoms with E-state index in [1.807, 2.05) is 36.4 Å². The third-order valence-corrected chi connectivity index (χ3v) is 19.1. The van der Waals surface area contributed by atoms with Crippen LogP contribution in [-0.4, -0.2) is 49.0 Å². The smallest absolute Gasteiger partial charge is 0.335 e. The topological polar surface area (TPSA) is 72.5 Å². The van der Waals surface area contributed by atoms with E-state index in [-0.39, 0.29) is 16.7 Å². The maximum atomic E-state index is 13.3. The van der Waals surface area contributed by atoms with Crippen LogP contribution in [0.5, 0.6) is 5.75 Å². The van der Waals surface area contributed by atoms with Crippen molar-refractivity contribution in [1.82, 2.24) is 0 Å². The molecule has 7 nitrogen and oxygen atoms in total. The standard InChI is InChI=1S/C35H52O7Si2/c1-33(2,3)43(9,10)41-31-26-15-13-14-16-27(26)32(42-44(11,12)34(4,5)6)35(29(38-8)21-30(36)40-35)28(31)23-39-22-24-17-19-25(37-7)20-18-24/h13-21,28,31-32H,22-23H2,1-12H3/t28?,31-,32+,35?/m0/s1. The highest BCUT2D eigenvalue weighted by Crippen LogP contribution is 2.60. The fraction of sp³-hybridized carbons (Fsp3) is 0.571. The molecule has 4 atom stereocenters. The molecule has 44 heavy (non-hydrogen) atoms. The SMILES string of the molecule is COC1=CC(=O)OC12C(COCc1ccc(OC)cc1)[C@@H](O[Si](C)(C)C(C)(C)C)c1ccccc1[C@H]2O[Si](C)(C)C(C)(C)C. The van der Waals surface area contributed by atoms with Crippen LogP contribution in [0.2, 0.25) is 36.3 Å². The molecule has 2 aromatic rings. The minimum atomic E-state index is -2.40. The van der Waals surface area contributed by atoms with E-state index < -0.39 is 46.3 Å². The molecule has 1 aliphatic carbocycles. The lowest BCUT2D eigenvalue weighted by Crippen LogP contribution is -2.59. The van der Waals surface area contributed by atoms with Crippen LogP contribution in [0, 0.1) is 5.92 Å². The lowest BCUT2D eigenvalue weighted by molar-refractivity contribution is -0.190. The van der Waals surface area contributed by atoms with E-state index in [1.165, 1.54) is 6.08 Å². The summed E-state index contributed by atoms with van der Waals surface area (Å²) in [5, 5.41) is -0.137. The third kappa shape index (κ3) is 6.44. The second-order valence-electron chi connectivity index (χ2n) is 15.1. The van der Waals surface area contributed by atoms with Gasteiger partial charge in [0.25, 0.3) is 0 Å². The van der Waals surface area contributed by atoms with Crippen molar-refractivity contribution >= 4 is 22.6 Å². The minimum absolute atomic E-state index is 0.0512. The molecule has 2 aliphatic rings. The molecule has 1 spiro atoms. The average molecular weight is 641 g/mol. The zero-order chi connectivity index (χ0) is 32.7. The maximum Gasteiger partial charge on any atom is 0.335 e. The van der Waals surface area contributed by atoms with E-state index in [9.17, 15) is 4.79 Å². The minimum Gasteiger partial charge on any atom is -0.497 e. The predicted molar refractivity (Wildman–Crippen MR) is 179 cm³/mol. The number of rotatable bonds is 10. The second-order valence-corrected chi connectivity index (χ2v) is 24.6. The van der Waals surface area contributed by atoms with Gasteiger partial charge in [-0.1, -0.05) is 77.9 Å². The molecule has 0 aromatic heterocycles. The number of hydrogen-bond acceptors (Lipinski definition) is 7. The Kier molecular flexibility index (Phi) is 9.70. The Morgan fingerprint density at radius 3 is 1.91 bits per heavy atom. The summed E-state index contributed by atoms with van der Waals surface area (Å²) in [4.78, 5) is 13.3. The summed E-state index contributed by atoms with van der Waals surface area (Å²) in [6, 6.07) is 16.1. The van der Waals surface area contributed by atoms with Gasteiger partial charge in [0.15, 0.2) is 22.4 Å². The summed E-state index contributed by atoms with van der Waals surface area (Å²) in [6.45, 7) is 22.9. The van der Waals surface area contributed by atoms with Crippen molar-refractivity contribution < 1.29 is 32.6 Å². The van der Waals surface area contributed by atoms with Crippen LogP contribution in [0.4, 0.5) is 0 Å². The Labute approximate surface area is 266 Å². The van der Waals surface area contributed by atoms with Gasteiger partial charge in [-0.05, 0) is 65.1 Å². The van der Waals surface area contributed by atoms with Crippen LogP contribution in [0.1, 0.15) is 70.4 Å². The van der Waals surface area contributed by atoms with Gasteiger partial charge in [-0.2, -0.15) is 0 Å². The van der Waals surface area contributed by atoms with Gasteiger partial charge in [-0.15, -0.1) is 0 Å². The molecule has 0 bridgehead atoms. The van der Waals surface area contributed by atoms with Crippen molar-refractivity contribution in [3.8, 4) is 5.75 Å². The Balaban J connectivity index is 1.90. The van der Waals surface area contributed by atoms with Crippen molar-refractivity contribution in [1.29, 1.82) is 0 Å². The number of ether oxygens (including phenoxy) is 4. The highest BCUT2D eigenvalue weighted by molar-refractivity contribution is 6.74. The number of esters is 1. The number of benzene rings is 2. The average Bonchev–Trinajstić information content (AvgIpc) is 3.27. The van der Waals surface area contributed by atoms with Gasteiger partial charge >= 0.3 is 5.97 Å². The van der Waals surface area contributed by atoms with E-state index in [0.717, 1.165) is 22.4 Å². The molecule has 1 heterocycles. The highest BCUT2D eigenvalue weighted by Gasteiger charge is 2.65. The lowest BCUT2D eigenvalue weighted by Gasteiger charge is -2.54. The normalized spacial score (nSPS) is 24.1. The fourth-order valence-corrected chi connectivity index (χ4v) is 8.02. The van der Waals surface area contributed by atoms with Gasteiger partial charge in [0.05, 0.1) is 45.5 Å². The van der Waals surface area contributed by atoms with Gasteiger partial charge in [-0.3, -0.25) is 0 Å². The van der Waals surface area contributed by atoms with E-state index in [0.29, 0.717) is 12.4 Å². The summed E-state index contributed by atoms with van der Waals surface area (Å²) in [5.41, 5.74) is 1.74. The molecular formula is C35H52O7Si2. The van der Waals surface area contributed by atoms with E-state index in [4.69, 9.17) is 27.8 Å². The highest BCUT2D eigenvalue weighted by atomic mass is 28.4. The summed E-state index contributed by atoms with van der Waals surface area (Å²) < 4.78 is 38.9. The van der Waals surface area contributed by atoms with E-state index in [2.05, 4.69) is 79.9 Å². The Morgan fingerprint density at radius 1 is 0.795 bits per heavy atom. The van der Waals surface area contributed by atoms with Gasteiger partial charge < -0.3 is 27.8 Å². The van der Waals surface area contributed by atoms with Gasteiger partial charge in [-0.25, -0.2) is 4.79 Å². The zero-order valence-electron chi connectivity index (χ0n) is 28.7. The molecule has 0 saturated heterocycles. The third-order valence-electron chi connectivity index (χ3n) is 10.2. The molecule has 0 saturated carbocycles. The number of hydrogen-bond donors (Lipinski definition) is 0.